The van der Waals surface area contributed by atoms with Crippen LogP contribution in [0.3, 0.4) is 0 Å². The zero-order chi connectivity index (χ0) is 26.1. The van der Waals surface area contributed by atoms with Crippen molar-refractivity contribution in [1.29, 1.82) is 0 Å². The van der Waals surface area contributed by atoms with Gasteiger partial charge in [0.05, 0.1) is 9.79 Å². The molecule has 0 fully saturated rings. The molecular formula is C32H50O2S. The molecule has 0 aromatic heterocycles. The van der Waals surface area contributed by atoms with Crippen LogP contribution in [0.1, 0.15) is 153 Å². The van der Waals surface area contributed by atoms with E-state index < -0.39 is 0 Å². The first-order chi connectivity index (χ1) is 16.7. The predicted octanol–water partition coefficient (Wildman–Crippen LogP) is 10.9. The fourth-order valence-electron chi connectivity index (χ4n) is 5.45. The molecule has 35 heavy (non-hydrogen) atoms. The van der Waals surface area contributed by atoms with Gasteiger partial charge < -0.3 is 10.2 Å². The number of phenols is 2. The highest BCUT2D eigenvalue weighted by Crippen LogP contribution is 2.51. The molecule has 196 valence electrons. The Balaban J connectivity index is 2.73. The number of hydrogen-bond donors (Lipinski definition) is 2. The lowest BCUT2D eigenvalue weighted by atomic mass is 9.90. The van der Waals surface area contributed by atoms with E-state index in [1.54, 1.807) is 11.8 Å². The van der Waals surface area contributed by atoms with Crippen molar-refractivity contribution in [2.24, 2.45) is 0 Å². The molecule has 2 aromatic carbocycles. The van der Waals surface area contributed by atoms with Gasteiger partial charge in [0.25, 0.3) is 0 Å². The second-order valence-corrected chi connectivity index (χ2v) is 11.7. The normalized spacial score (nSPS) is 15.1. The van der Waals surface area contributed by atoms with Gasteiger partial charge in [-0.05, 0) is 71.6 Å². The number of hydrogen-bond acceptors (Lipinski definition) is 3. The van der Waals surface area contributed by atoms with Crippen molar-refractivity contribution in [3.63, 3.8) is 0 Å². The molecule has 0 saturated heterocycles. The van der Waals surface area contributed by atoms with Crippen LogP contribution in [0.5, 0.6) is 11.5 Å². The van der Waals surface area contributed by atoms with Crippen LogP contribution in [0.25, 0.3) is 0 Å². The maximum absolute atomic E-state index is 11.6. The zero-order valence-corrected chi connectivity index (χ0v) is 24.4. The Bertz CT molecular complexity index is 860. The minimum Gasteiger partial charge on any atom is -0.506 e. The maximum atomic E-state index is 11.6. The van der Waals surface area contributed by atoms with Gasteiger partial charge in [-0.2, -0.15) is 0 Å². The number of benzene rings is 2. The average molecular weight is 499 g/mol. The third kappa shape index (κ3) is 7.21. The molecule has 2 nitrogen and oxygen atoms in total. The van der Waals surface area contributed by atoms with E-state index in [2.05, 4.69) is 79.7 Å². The summed E-state index contributed by atoms with van der Waals surface area (Å²) in [5, 5.41) is 23.3. The predicted molar refractivity (Wildman–Crippen MR) is 154 cm³/mol. The number of phenolic OH excluding ortho intramolecular Hbond substituents is 2. The summed E-state index contributed by atoms with van der Waals surface area (Å²) in [5.41, 5.74) is 4.45. The molecule has 0 spiro atoms. The van der Waals surface area contributed by atoms with Crippen LogP contribution < -0.4 is 0 Å². The topological polar surface area (TPSA) is 40.5 Å². The summed E-state index contributed by atoms with van der Waals surface area (Å²) in [5.74, 6) is 2.14. The van der Waals surface area contributed by atoms with E-state index in [1.807, 2.05) is 0 Å². The van der Waals surface area contributed by atoms with Crippen LogP contribution in [-0.2, 0) is 0 Å². The molecule has 0 bridgehead atoms. The highest BCUT2D eigenvalue weighted by atomic mass is 32.2. The molecule has 0 aliphatic heterocycles. The summed E-state index contributed by atoms with van der Waals surface area (Å²) in [6.45, 7) is 17.8. The van der Waals surface area contributed by atoms with Gasteiger partial charge in [0.2, 0.25) is 0 Å². The molecule has 3 heteroatoms. The van der Waals surface area contributed by atoms with E-state index in [0.717, 1.165) is 72.3 Å². The summed E-state index contributed by atoms with van der Waals surface area (Å²) in [4.78, 5) is 1.87. The largest absolute Gasteiger partial charge is 0.506 e. The lowest BCUT2D eigenvalue weighted by Gasteiger charge is -2.25. The molecule has 0 amide bonds. The first-order valence-corrected chi connectivity index (χ1v) is 14.9. The molecule has 0 aliphatic rings. The highest BCUT2D eigenvalue weighted by molar-refractivity contribution is 7.99. The van der Waals surface area contributed by atoms with Crippen LogP contribution >= 0.6 is 11.8 Å². The molecule has 2 aromatic rings. The molecule has 4 atom stereocenters. The molecule has 0 heterocycles. The van der Waals surface area contributed by atoms with Gasteiger partial charge in [-0.25, -0.2) is 0 Å². The van der Waals surface area contributed by atoms with Crippen molar-refractivity contribution in [1.82, 2.24) is 0 Å². The van der Waals surface area contributed by atoms with Gasteiger partial charge in [0, 0.05) is 0 Å². The molecule has 0 radical (unpaired) electrons. The number of rotatable bonds is 14. The fourth-order valence-corrected chi connectivity index (χ4v) is 6.85. The molecule has 0 saturated carbocycles. The van der Waals surface area contributed by atoms with Crippen LogP contribution in [0.4, 0.5) is 0 Å². The Hall–Kier alpha value is -1.61. The zero-order valence-electron chi connectivity index (χ0n) is 23.6. The Morgan fingerprint density at radius 2 is 0.771 bits per heavy atom. The average Bonchev–Trinajstić information content (AvgIpc) is 2.81. The molecule has 4 unspecified atom stereocenters. The summed E-state index contributed by atoms with van der Waals surface area (Å²) in [6, 6.07) is 8.75. The van der Waals surface area contributed by atoms with E-state index in [9.17, 15) is 10.2 Å². The van der Waals surface area contributed by atoms with Crippen molar-refractivity contribution < 1.29 is 10.2 Å². The van der Waals surface area contributed by atoms with Gasteiger partial charge in [0.1, 0.15) is 11.5 Å². The quantitative estimate of drug-likeness (QED) is 0.272. The van der Waals surface area contributed by atoms with Gasteiger partial charge in [-0.3, -0.25) is 0 Å². The molecule has 2 N–H and O–H groups in total. The van der Waals surface area contributed by atoms with E-state index in [0.29, 0.717) is 35.2 Å². The van der Waals surface area contributed by atoms with Crippen LogP contribution in [0.2, 0.25) is 0 Å². The van der Waals surface area contributed by atoms with Crippen molar-refractivity contribution in [2.45, 2.75) is 140 Å². The van der Waals surface area contributed by atoms with Gasteiger partial charge in [-0.15, -0.1) is 0 Å². The maximum Gasteiger partial charge on any atom is 0.133 e. The van der Waals surface area contributed by atoms with E-state index in [-0.39, 0.29) is 0 Å². The minimum absolute atomic E-state index is 0.304. The lowest BCUT2D eigenvalue weighted by molar-refractivity contribution is 0.440. The third-order valence-corrected chi connectivity index (χ3v) is 8.87. The first-order valence-electron chi connectivity index (χ1n) is 14.1. The van der Waals surface area contributed by atoms with Crippen molar-refractivity contribution in [3.8, 4) is 11.5 Å². The summed E-state index contributed by atoms with van der Waals surface area (Å²) in [7, 11) is 0. The Labute approximate surface area is 219 Å². The lowest BCUT2D eigenvalue weighted by Crippen LogP contribution is -2.03. The fraction of sp³-hybridized carbons (Fsp3) is 0.625. The second-order valence-electron chi connectivity index (χ2n) is 10.7. The van der Waals surface area contributed by atoms with Gasteiger partial charge >= 0.3 is 0 Å². The van der Waals surface area contributed by atoms with Crippen molar-refractivity contribution in [2.75, 3.05) is 0 Å². The highest BCUT2D eigenvalue weighted by Gasteiger charge is 2.25. The first kappa shape index (κ1) is 29.6. The van der Waals surface area contributed by atoms with E-state index >= 15 is 0 Å². The Morgan fingerprint density at radius 1 is 0.514 bits per heavy atom. The monoisotopic (exact) mass is 498 g/mol. The molecule has 2 rings (SSSR count). The minimum atomic E-state index is 0.304. The molecule has 0 aliphatic carbocycles. The van der Waals surface area contributed by atoms with Crippen LogP contribution in [0, 0.1) is 0 Å². The van der Waals surface area contributed by atoms with Crippen molar-refractivity contribution in [3.05, 3.63) is 46.5 Å². The van der Waals surface area contributed by atoms with E-state index in [4.69, 9.17) is 0 Å². The standard InChI is InChI=1S/C32H50O2S/c1-9-13-21(5)25-17-19-27(23(7)15-11-3)31(29(25)33)35-32-28(24(8)16-12-4)20-18-26(30(32)34)22(6)14-10-2/h17-24,33-34H,9-16H2,1-8H3. The summed E-state index contributed by atoms with van der Waals surface area (Å²) < 4.78 is 0. The van der Waals surface area contributed by atoms with Gasteiger partial charge in [-0.1, -0.05) is 117 Å². The summed E-state index contributed by atoms with van der Waals surface area (Å²) >= 11 is 1.60. The number of aromatic hydroxyl groups is 2. The third-order valence-electron chi connectivity index (χ3n) is 7.60. The Kier molecular flexibility index (Phi) is 12.0. The second kappa shape index (κ2) is 14.2. The van der Waals surface area contributed by atoms with Gasteiger partial charge in [0.15, 0.2) is 0 Å². The SMILES string of the molecule is CCCC(C)c1ccc(C(C)CCC)c(Sc2c(C(C)CCC)ccc(C(C)CCC)c2O)c1O. The Morgan fingerprint density at radius 3 is 1.06 bits per heavy atom. The smallest absolute Gasteiger partial charge is 0.133 e. The molecular weight excluding hydrogens is 448 g/mol. The summed E-state index contributed by atoms with van der Waals surface area (Å²) in [6.07, 6.45) is 8.65. The van der Waals surface area contributed by atoms with Crippen molar-refractivity contribution >= 4 is 11.8 Å². The van der Waals surface area contributed by atoms with E-state index in [1.165, 1.54) is 11.1 Å². The van der Waals surface area contributed by atoms with Crippen LogP contribution in [0.15, 0.2) is 34.1 Å². The van der Waals surface area contributed by atoms with Crippen LogP contribution in [-0.4, -0.2) is 10.2 Å².